The maximum atomic E-state index is 5.97. The second-order valence-electron chi connectivity index (χ2n) is 5.75. The maximum Gasteiger partial charge on any atom is 0.241 e. The molecular formula is C20H20Cl2N2O2. The number of rotatable bonds is 8. The van der Waals surface area contributed by atoms with Crippen molar-refractivity contribution in [2.75, 3.05) is 0 Å². The summed E-state index contributed by atoms with van der Waals surface area (Å²) in [4.78, 5) is 0. The molecule has 2 atom stereocenters. The smallest absolute Gasteiger partial charge is 0.241 e. The normalized spacial score (nSPS) is 15.7. The Labute approximate surface area is 163 Å². The Morgan fingerprint density at radius 1 is 0.731 bits per heavy atom. The average Bonchev–Trinajstić information content (AvgIpc) is 2.62. The van der Waals surface area contributed by atoms with E-state index in [2.05, 4.69) is 23.4 Å². The van der Waals surface area contributed by atoms with Crippen molar-refractivity contribution in [1.29, 1.82) is 0 Å². The largest absolute Gasteiger partial charge is 0.469 e. The van der Waals surface area contributed by atoms with Crippen LogP contribution in [0, 0.1) is 0 Å². The summed E-state index contributed by atoms with van der Waals surface area (Å²) in [5, 5.41) is 10.1. The molecule has 2 rings (SSSR count). The number of azo groups is 1. The van der Waals surface area contributed by atoms with E-state index < -0.39 is 11.4 Å². The number of benzene rings is 2. The van der Waals surface area contributed by atoms with Gasteiger partial charge in [0.05, 0.1) is 12.5 Å². The summed E-state index contributed by atoms with van der Waals surface area (Å²) < 4.78 is 11.3. The van der Waals surface area contributed by atoms with Gasteiger partial charge in [-0.05, 0) is 24.3 Å². The molecule has 2 aromatic rings. The lowest BCUT2D eigenvalue weighted by atomic mass is 10.0. The first-order valence-electron chi connectivity index (χ1n) is 7.86. The van der Waals surface area contributed by atoms with Gasteiger partial charge in [0.1, 0.15) is 0 Å². The molecule has 0 bridgehead atoms. The summed E-state index contributed by atoms with van der Waals surface area (Å²) >= 11 is 11.9. The van der Waals surface area contributed by atoms with Gasteiger partial charge in [-0.3, -0.25) is 0 Å². The Hall–Kier alpha value is -2.30. The SMILES string of the molecule is C=COC(C)(N=NC(C)(OC=C)c1ccc(Cl)cc1)c1ccc(Cl)cc1. The summed E-state index contributed by atoms with van der Waals surface area (Å²) in [5.41, 5.74) is -0.653. The van der Waals surface area contributed by atoms with E-state index in [9.17, 15) is 0 Å². The lowest BCUT2D eigenvalue weighted by Gasteiger charge is -2.28. The Bertz CT molecular complexity index is 723. The highest BCUT2D eigenvalue weighted by Gasteiger charge is 2.32. The number of nitrogens with zero attached hydrogens (tertiary/aromatic N) is 2. The van der Waals surface area contributed by atoms with Crippen molar-refractivity contribution < 1.29 is 9.47 Å². The Balaban J connectivity index is 2.44. The van der Waals surface area contributed by atoms with E-state index in [0.29, 0.717) is 10.0 Å². The molecule has 0 radical (unpaired) electrons. The van der Waals surface area contributed by atoms with Gasteiger partial charge in [0.2, 0.25) is 11.4 Å². The van der Waals surface area contributed by atoms with Gasteiger partial charge in [-0.2, -0.15) is 0 Å². The van der Waals surface area contributed by atoms with Crippen LogP contribution in [-0.4, -0.2) is 0 Å². The van der Waals surface area contributed by atoms with E-state index in [1.165, 1.54) is 12.5 Å². The van der Waals surface area contributed by atoms with Crippen LogP contribution in [0.5, 0.6) is 0 Å². The zero-order valence-electron chi connectivity index (χ0n) is 14.7. The number of hydrogen-bond acceptors (Lipinski definition) is 4. The molecule has 136 valence electrons. The Morgan fingerprint density at radius 3 is 1.31 bits per heavy atom. The highest BCUT2D eigenvalue weighted by molar-refractivity contribution is 6.30. The van der Waals surface area contributed by atoms with Gasteiger partial charge in [0, 0.05) is 35.0 Å². The van der Waals surface area contributed by atoms with Gasteiger partial charge in [-0.1, -0.05) is 60.6 Å². The summed E-state index contributed by atoms with van der Waals surface area (Å²) in [7, 11) is 0. The highest BCUT2D eigenvalue weighted by Crippen LogP contribution is 2.34. The molecule has 26 heavy (non-hydrogen) atoms. The van der Waals surface area contributed by atoms with E-state index in [1.54, 1.807) is 38.1 Å². The van der Waals surface area contributed by atoms with E-state index in [1.807, 2.05) is 24.3 Å². The molecule has 6 heteroatoms. The Kier molecular flexibility index (Phi) is 6.46. The number of ether oxygens (including phenoxy) is 2. The lowest BCUT2D eigenvalue weighted by molar-refractivity contribution is 0.00168. The molecule has 4 nitrogen and oxygen atoms in total. The molecular weight excluding hydrogens is 371 g/mol. The molecule has 0 amide bonds. The minimum absolute atomic E-state index is 0.618. The molecule has 0 aliphatic heterocycles. The van der Waals surface area contributed by atoms with Gasteiger partial charge in [-0.25, -0.2) is 0 Å². The van der Waals surface area contributed by atoms with Crippen LogP contribution in [0.25, 0.3) is 0 Å². The number of hydrogen-bond donors (Lipinski definition) is 0. The fourth-order valence-electron chi connectivity index (χ4n) is 2.33. The van der Waals surface area contributed by atoms with Gasteiger partial charge < -0.3 is 9.47 Å². The van der Waals surface area contributed by atoms with E-state index in [4.69, 9.17) is 32.7 Å². The number of halogens is 2. The molecule has 0 saturated heterocycles. The third kappa shape index (κ3) is 4.65. The third-order valence-corrected chi connectivity index (χ3v) is 4.32. The van der Waals surface area contributed by atoms with Crippen LogP contribution in [-0.2, 0) is 20.9 Å². The van der Waals surface area contributed by atoms with Crippen LogP contribution in [0.2, 0.25) is 10.0 Å². The third-order valence-electron chi connectivity index (χ3n) is 3.82. The predicted octanol–water partition coefficient (Wildman–Crippen LogP) is 6.81. The molecule has 0 aliphatic rings. The van der Waals surface area contributed by atoms with Gasteiger partial charge >= 0.3 is 0 Å². The van der Waals surface area contributed by atoms with Crippen molar-refractivity contribution in [3.63, 3.8) is 0 Å². The van der Waals surface area contributed by atoms with Gasteiger partial charge in [-0.15, -0.1) is 10.2 Å². The van der Waals surface area contributed by atoms with Crippen molar-refractivity contribution in [2.24, 2.45) is 10.2 Å². The van der Waals surface area contributed by atoms with Crippen molar-refractivity contribution >= 4 is 23.2 Å². The fraction of sp³-hybridized carbons (Fsp3) is 0.200. The molecule has 0 heterocycles. The van der Waals surface area contributed by atoms with Crippen molar-refractivity contribution in [2.45, 2.75) is 25.3 Å². The van der Waals surface area contributed by atoms with Crippen molar-refractivity contribution in [3.8, 4) is 0 Å². The first-order valence-corrected chi connectivity index (χ1v) is 8.62. The summed E-state index contributed by atoms with van der Waals surface area (Å²) in [6.45, 7) is 10.8. The molecule has 0 saturated carbocycles. The maximum absolute atomic E-state index is 5.97. The molecule has 2 aromatic carbocycles. The van der Waals surface area contributed by atoms with E-state index in [-0.39, 0.29) is 0 Å². The van der Waals surface area contributed by atoms with E-state index >= 15 is 0 Å². The standard InChI is InChI=1S/C20H20Cl2N2O2/c1-5-25-19(3,15-7-11-17(21)12-8-15)23-24-20(4,26-6-2)16-9-13-18(22)14-10-16/h5-14H,1-2H2,3-4H3. The zero-order valence-corrected chi connectivity index (χ0v) is 16.2. The lowest BCUT2D eigenvalue weighted by Crippen LogP contribution is -2.25. The van der Waals surface area contributed by atoms with Gasteiger partial charge in [0.25, 0.3) is 0 Å². The molecule has 0 fully saturated rings. The zero-order chi connectivity index (χ0) is 19.2. The van der Waals surface area contributed by atoms with Crippen molar-refractivity contribution in [1.82, 2.24) is 0 Å². The Morgan fingerprint density at radius 2 is 1.04 bits per heavy atom. The topological polar surface area (TPSA) is 43.2 Å². The monoisotopic (exact) mass is 390 g/mol. The molecule has 0 aromatic heterocycles. The first-order chi connectivity index (χ1) is 12.3. The predicted molar refractivity (Wildman–Crippen MR) is 105 cm³/mol. The van der Waals surface area contributed by atoms with Crippen molar-refractivity contribution in [3.05, 3.63) is 95.4 Å². The van der Waals surface area contributed by atoms with Crippen LogP contribution in [0.15, 0.2) is 84.4 Å². The van der Waals surface area contributed by atoms with Crippen LogP contribution < -0.4 is 0 Å². The molecule has 0 aliphatic carbocycles. The molecule has 2 unspecified atom stereocenters. The fourth-order valence-corrected chi connectivity index (χ4v) is 2.58. The summed E-state index contributed by atoms with van der Waals surface area (Å²) in [6.07, 6.45) is 2.64. The minimum atomic E-state index is -1.09. The minimum Gasteiger partial charge on any atom is -0.469 e. The molecule has 0 spiro atoms. The summed E-state index contributed by atoms with van der Waals surface area (Å²) in [5.74, 6) is 0. The average molecular weight is 391 g/mol. The van der Waals surface area contributed by atoms with Crippen LogP contribution in [0.4, 0.5) is 0 Å². The second kappa shape index (κ2) is 8.39. The van der Waals surface area contributed by atoms with Gasteiger partial charge in [0.15, 0.2) is 0 Å². The molecule has 0 N–H and O–H groups in total. The van der Waals surface area contributed by atoms with E-state index in [0.717, 1.165) is 11.1 Å². The van der Waals surface area contributed by atoms with Crippen LogP contribution in [0.1, 0.15) is 25.0 Å². The van der Waals surface area contributed by atoms with Crippen LogP contribution in [0.3, 0.4) is 0 Å². The highest BCUT2D eigenvalue weighted by atomic mass is 35.5. The summed E-state index contributed by atoms with van der Waals surface area (Å²) in [6, 6.07) is 14.3. The first kappa shape index (κ1) is 20.0. The second-order valence-corrected chi connectivity index (χ2v) is 6.62. The van der Waals surface area contributed by atoms with Crippen LogP contribution >= 0.6 is 23.2 Å². The quantitative estimate of drug-likeness (QED) is 0.366.